The number of thiazole rings is 1. The molecule has 0 amide bonds. The van der Waals surface area contributed by atoms with Gasteiger partial charge in [-0.3, -0.25) is 9.36 Å². The summed E-state index contributed by atoms with van der Waals surface area (Å²) in [5.74, 6) is 0.216. The van der Waals surface area contributed by atoms with E-state index in [9.17, 15) is 14.4 Å². The van der Waals surface area contributed by atoms with E-state index in [1.165, 1.54) is 23.0 Å². The lowest BCUT2D eigenvalue weighted by Gasteiger charge is -2.25. The van der Waals surface area contributed by atoms with Crippen molar-refractivity contribution < 1.29 is 23.5 Å². The summed E-state index contributed by atoms with van der Waals surface area (Å²) in [6.07, 6.45) is 1.67. The molecule has 1 unspecified atom stereocenters. The highest BCUT2D eigenvalue weighted by Crippen LogP contribution is 2.31. The molecule has 2 aromatic carbocycles. The summed E-state index contributed by atoms with van der Waals surface area (Å²) in [5.41, 5.74) is 2.20. The van der Waals surface area contributed by atoms with Crippen LogP contribution < -0.4 is 14.9 Å². The van der Waals surface area contributed by atoms with E-state index in [0.29, 0.717) is 31.9 Å². The SMILES string of the molecule is COC(=O)c1ccc(C2C(C(=O)OCc3ccccc3)=C(C)N=c3s/c(=C/c4ccc(C)o4)c(=O)n32)cc1. The van der Waals surface area contributed by atoms with E-state index in [0.717, 1.165) is 11.3 Å². The van der Waals surface area contributed by atoms with Gasteiger partial charge in [-0.05, 0) is 49.2 Å². The maximum atomic E-state index is 13.7. The van der Waals surface area contributed by atoms with Crippen LogP contribution in [0.3, 0.4) is 0 Å². The largest absolute Gasteiger partial charge is 0.465 e. The van der Waals surface area contributed by atoms with Gasteiger partial charge in [0.2, 0.25) is 0 Å². The van der Waals surface area contributed by atoms with Gasteiger partial charge in [-0.15, -0.1) is 0 Å². The zero-order chi connectivity index (χ0) is 26.8. The lowest BCUT2D eigenvalue weighted by Crippen LogP contribution is -2.39. The van der Waals surface area contributed by atoms with Gasteiger partial charge >= 0.3 is 11.9 Å². The third-order valence-electron chi connectivity index (χ3n) is 6.14. The van der Waals surface area contributed by atoms with Gasteiger partial charge in [-0.25, -0.2) is 14.6 Å². The minimum absolute atomic E-state index is 0.0761. The first-order chi connectivity index (χ1) is 18.4. The molecule has 0 bridgehead atoms. The van der Waals surface area contributed by atoms with Crippen LogP contribution in [0.1, 0.15) is 46.0 Å². The Balaban J connectivity index is 1.61. The fourth-order valence-electron chi connectivity index (χ4n) is 4.28. The number of hydrogen-bond acceptors (Lipinski definition) is 8. The molecule has 3 heterocycles. The third-order valence-corrected chi connectivity index (χ3v) is 7.12. The van der Waals surface area contributed by atoms with Crippen molar-refractivity contribution in [2.45, 2.75) is 26.5 Å². The molecule has 0 saturated heterocycles. The van der Waals surface area contributed by atoms with Crippen LogP contribution in [0.25, 0.3) is 6.08 Å². The number of carbonyl (C=O) groups excluding carboxylic acids is 2. The first-order valence-corrected chi connectivity index (χ1v) is 12.7. The second kappa shape index (κ2) is 10.5. The van der Waals surface area contributed by atoms with E-state index in [2.05, 4.69) is 4.99 Å². The topological polar surface area (TPSA) is 100 Å². The molecule has 0 fully saturated rings. The van der Waals surface area contributed by atoms with E-state index < -0.39 is 18.0 Å². The maximum Gasteiger partial charge on any atom is 0.338 e. The maximum absolute atomic E-state index is 13.7. The van der Waals surface area contributed by atoms with Gasteiger partial charge in [-0.2, -0.15) is 0 Å². The lowest BCUT2D eigenvalue weighted by molar-refractivity contribution is -0.140. The summed E-state index contributed by atoms with van der Waals surface area (Å²) in [6.45, 7) is 3.63. The molecule has 4 aromatic rings. The van der Waals surface area contributed by atoms with E-state index in [1.807, 2.05) is 43.3 Å². The number of allylic oxidation sites excluding steroid dienone is 1. The van der Waals surface area contributed by atoms with Gasteiger partial charge < -0.3 is 13.9 Å². The number of carbonyl (C=O) groups is 2. The van der Waals surface area contributed by atoms with Gasteiger partial charge in [0.15, 0.2) is 4.80 Å². The number of aromatic nitrogens is 1. The second-order valence-electron chi connectivity index (χ2n) is 8.71. The van der Waals surface area contributed by atoms with Gasteiger partial charge in [0, 0.05) is 6.08 Å². The molecule has 1 atom stereocenters. The molecular weight excluding hydrogens is 504 g/mol. The Hall–Kier alpha value is -4.50. The van der Waals surface area contributed by atoms with Crippen molar-refractivity contribution in [3.8, 4) is 0 Å². The van der Waals surface area contributed by atoms with Crippen molar-refractivity contribution >= 4 is 29.4 Å². The molecule has 0 N–H and O–H groups in total. The predicted molar refractivity (Wildman–Crippen MR) is 141 cm³/mol. The van der Waals surface area contributed by atoms with E-state index in [1.54, 1.807) is 43.3 Å². The monoisotopic (exact) mass is 528 g/mol. The fraction of sp³-hybridized carbons (Fsp3) is 0.172. The van der Waals surface area contributed by atoms with Crippen LogP contribution in [0.2, 0.25) is 0 Å². The number of nitrogens with zero attached hydrogens (tertiary/aromatic N) is 2. The number of esters is 2. The molecule has 2 aromatic heterocycles. The normalized spacial score (nSPS) is 15.1. The number of rotatable bonds is 6. The molecule has 0 aliphatic carbocycles. The number of methoxy groups -OCH3 is 1. The molecule has 1 aliphatic heterocycles. The fourth-order valence-corrected chi connectivity index (χ4v) is 5.31. The molecule has 0 radical (unpaired) electrons. The number of fused-ring (bicyclic) bond motifs is 1. The van der Waals surface area contributed by atoms with Crippen molar-refractivity contribution in [2.24, 2.45) is 4.99 Å². The van der Waals surface area contributed by atoms with Crippen molar-refractivity contribution in [1.82, 2.24) is 4.57 Å². The molecular formula is C29H24N2O6S. The lowest BCUT2D eigenvalue weighted by atomic mass is 9.95. The molecule has 192 valence electrons. The summed E-state index contributed by atoms with van der Waals surface area (Å²) in [7, 11) is 1.31. The van der Waals surface area contributed by atoms with Crippen molar-refractivity contribution in [2.75, 3.05) is 7.11 Å². The summed E-state index contributed by atoms with van der Waals surface area (Å²) < 4.78 is 18.0. The van der Waals surface area contributed by atoms with E-state index >= 15 is 0 Å². The Labute approximate surface area is 221 Å². The average Bonchev–Trinajstić information content (AvgIpc) is 3.48. The Morgan fingerprint density at radius 3 is 2.42 bits per heavy atom. The van der Waals surface area contributed by atoms with Crippen LogP contribution in [-0.2, 0) is 20.9 Å². The molecule has 9 heteroatoms. The van der Waals surface area contributed by atoms with Crippen molar-refractivity contribution in [1.29, 1.82) is 0 Å². The Morgan fingerprint density at radius 1 is 1.03 bits per heavy atom. The Kier molecular flexibility index (Phi) is 6.93. The number of ether oxygens (including phenoxy) is 2. The predicted octanol–water partition coefficient (Wildman–Crippen LogP) is 3.67. The van der Waals surface area contributed by atoms with Crippen LogP contribution in [0, 0.1) is 6.92 Å². The van der Waals surface area contributed by atoms with Crippen molar-refractivity contribution in [3.05, 3.63) is 126 Å². The quantitative estimate of drug-likeness (QED) is 0.354. The van der Waals surface area contributed by atoms with Crippen LogP contribution in [-0.4, -0.2) is 23.6 Å². The summed E-state index contributed by atoms with van der Waals surface area (Å²) in [5, 5.41) is 0. The molecule has 0 saturated carbocycles. The molecule has 38 heavy (non-hydrogen) atoms. The van der Waals surface area contributed by atoms with Gasteiger partial charge in [0.05, 0.1) is 34.5 Å². The first kappa shape index (κ1) is 25.2. The van der Waals surface area contributed by atoms with E-state index in [4.69, 9.17) is 13.9 Å². The number of aryl methyl sites for hydroxylation is 1. The molecule has 1 aliphatic rings. The van der Waals surface area contributed by atoms with Crippen LogP contribution in [0.5, 0.6) is 0 Å². The second-order valence-corrected chi connectivity index (χ2v) is 9.71. The zero-order valence-electron chi connectivity index (χ0n) is 21.0. The highest BCUT2D eigenvalue weighted by molar-refractivity contribution is 7.07. The minimum atomic E-state index is -0.804. The number of benzene rings is 2. The Morgan fingerprint density at radius 2 is 1.76 bits per heavy atom. The molecule has 8 nitrogen and oxygen atoms in total. The molecule has 5 rings (SSSR count). The third kappa shape index (κ3) is 4.88. The highest BCUT2D eigenvalue weighted by atomic mass is 32.1. The smallest absolute Gasteiger partial charge is 0.338 e. The Bertz CT molecular complexity index is 1730. The summed E-state index contributed by atoms with van der Waals surface area (Å²) in [4.78, 5) is 44.2. The van der Waals surface area contributed by atoms with Gasteiger partial charge in [0.1, 0.15) is 18.1 Å². The summed E-state index contributed by atoms with van der Waals surface area (Å²) in [6, 6.07) is 18.8. The van der Waals surface area contributed by atoms with Crippen LogP contribution >= 0.6 is 11.3 Å². The number of furan rings is 1. The summed E-state index contributed by atoms with van der Waals surface area (Å²) >= 11 is 1.21. The minimum Gasteiger partial charge on any atom is -0.465 e. The average molecular weight is 529 g/mol. The van der Waals surface area contributed by atoms with Gasteiger partial charge in [-0.1, -0.05) is 53.8 Å². The molecule has 0 spiro atoms. The number of hydrogen-bond donors (Lipinski definition) is 0. The standard InChI is InChI=1S/C29H24N2O6S/c1-17-9-14-22(37-17)15-23-26(32)31-25(20-10-12-21(13-11-20)27(33)35-3)24(18(2)30-29(31)38-23)28(34)36-16-19-7-5-4-6-8-19/h4-15,25H,16H2,1-3H3/b23-15+. The highest BCUT2D eigenvalue weighted by Gasteiger charge is 2.33. The van der Waals surface area contributed by atoms with E-state index in [-0.39, 0.29) is 17.7 Å². The van der Waals surface area contributed by atoms with Crippen LogP contribution in [0.15, 0.2) is 92.2 Å². The zero-order valence-corrected chi connectivity index (χ0v) is 21.8. The van der Waals surface area contributed by atoms with Gasteiger partial charge in [0.25, 0.3) is 5.56 Å². The first-order valence-electron chi connectivity index (χ1n) is 11.8. The van der Waals surface area contributed by atoms with Crippen molar-refractivity contribution in [3.63, 3.8) is 0 Å². The van der Waals surface area contributed by atoms with Crippen LogP contribution in [0.4, 0.5) is 0 Å².